The Balaban J connectivity index is 1.69. The third kappa shape index (κ3) is 4.30. The van der Waals surface area contributed by atoms with Crippen LogP contribution in [0.25, 0.3) is 0 Å². The molecule has 0 unspecified atom stereocenters. The van der Waals surface area contributed by atoms with Gasteiger partial charge in [0.25, 0.3) is 0 Å². The van der Waals surface area contributed by atoms with Crippen LogP contribution in [0, 0.1) is 18.6 Å². The highest BCUT2D eigenvalue weighted by Crippen LogP contribution is 2.19. The van der Waals surface area contributed by atoms with Crippen molar-refractivity contribution in [3.8, 4) is 0 Å². The van der Waals surface area contributed by atoms with Crippen LogP contribution < -0.4 is 0 Å². The first kappa shape index (κ1) is 16.9. The van der Waals surface area contributed by atoms with E-state index in [2.05, 4.69) is 49.0 Å². The van der Waals surface area contributed by atoms with E-state index >= 15 is 0 Å². The van der Waals surface area contributed by atoms with Gasteiger partial charge in [-0.25, -0.2) is 9.97 Å². The molecule has 0 atom stereocenters. The van der Waals surface area contributed by atoms with Crippen LogP contribution in [-0.4, -0.2) is 24.7 Å². The largest absolute Gasteiger partial charge is 0.303 e. The Morgan fingerprint density at radius 3 is 2.54 bits per heavy atom. The first-order valence-electron chi connectivity index (χ1n) is 7.75. The Morgan fingerprint density at radius 1 is 1.12 bits per heavy atom. The van der Waals surface area contributed by atoms with Gasteiger partial charge in [0.15, 0.2) is 9.93 Å². The third-order valence-corrected chi connectivity index (χ3v) is 4.75. The van der Waals surface area contributed by atoms with Crippen molar-refractivity contribution in [1.29, 1.82) is 0 Å². The van der Waals surface area contributed by atoms with Crippen molar-refractivity contribution in [2.45, 2.75) is 37.7 Å². The average molecular weight is 358 g/mol. The predicted octanol–water partition coefficient (Wildman–Crippen LogP) is 3.88. The van der Waals surface area contributed by atoms with Crippen molar-refractivity contribution < 1.29 is 0 Å². The van der Waals surface area contributed by atoms with E-state index in [0.717, 1.165) is 35.3 Å². The SMILES string of the molecule is Cc1cc(C)nc(SCc2n[nH]c(=S)n2CCc2ccccc2)n1. The average Bonchev–Trinajstić information content (AvgIpc) is 2.91. The van der Waals surface area contributed by atoms with Crippen LogP contribution in [0.5, 0.6) is 0 Å². The van der Waals surface area contributed by atoms with Crippen LogP contribution in [0.1, 0.15) is 22.8 Å². The maximum Gasteiger partial charge on any atom is 0.195 e. The number of nitrogens with one attached hydrogen (secondary N) is 1. The molecule has 24 heavy (non-hydrogen) atoms. The second-order valence-corrected chi connectivity index (χ2v) is 6.88. The Labute approximate surface area is 150 Å². The van der Waals surface area contributed by atoms with Crippen molar-refractivity contribution in [3.05, 3.63) is 63.9 Å². The summed E-state index contributed by atoms with van der Waals surface area (Å²) < 4.78 is 2.71. The van der Waals surface area contributed by atoms with Crippen molar-refractivity contribution >= 4 is 24.0 Å². The van der Waals surface area contributed by atoms with E-state index in [1.54, 1.807) is 11.8 Å². The summed E-state index contributed by atoms with van der Waals surface area (Å²) in [6, 6.07) is 12.4. The minimum Gasteiger partial charge on any atom is -0.303 e. The quantitative estimate of drug-likeness (QED) is 0.412. The summed E-state index contributed by atoms with van der Waals surface area (Å²) in [4.78, 5) is 8.92. The van der Waals surface area contributed by atoms with E-state index in [1.165, 1.54) is 5.56 Å². The summed E-state index contributed by atoms with van der Waals surface area (Å²) in [7, 11) is 0. The lowest BCUT2D eigenvalue weighted by Crippen LogP contribution is -2.06. The Bertz CT molecular complexity index is 850. The van der Waals surface area contributed by atoms with E-state index in [0.29, 0.717) is 10.5 Å². The fourth-order valence-corrected chi connectivity index (χ4v) is 3.60. The Kier molecular flexibility index (Phi) is 5.42. The minimum atomic E-state index is 0.655. The zero-order valence-electron chi connectivity index (χ0n) is 13.7. The molecule has 0 saturated carbocycles. The van der Waals surface area contributed by atoms with Crippen molar-refractivity contribution in [2.24, 2.45) is 0 Å². The number of aromatic amines is 1. The molecule has 3 aromatic rings. The van der Waals surface area contributed by atoms with E-state index < -0.39 is 0 Å². The number of aromatic nitrogens is 5. The number of rotatable bonds is 6. The zero-order chi connectivity index (χ0) is 16.9. The highest BCUT2D eigenvalue weighted by atomic mass is 32.2. The third-order valence-electron chi connectivity index (χ3n) is 3.60. The van der Waals surface area contributed by atoms with Crippen molar-refractivity contribution in [1.82, 2.24) is 24.7 Å². The molecular weight excluding hydrogens is 338 g/mol. The molecule has 0 fully saturated rings. The first-order valence-corrected chi connectivity index (χ1v) is 9.14. The van der Waals surface area contributed by atoms with Gasteiger partial charge in [-0.1, -0.05) is 42.1 Å². The van der Waals surface area contributed by atoms with Crippen LogP contribution in [0.2, 0.25) is 0 Å². The summed E-state index contributed by atoms with van der Waals surface area (Å²) in [6.07, 6.45) is 0.923. The number of H-pyrrole nitrogens is 1. The molecule has 2 heterocycles. The van der Waals surface area contributed by atoms with E-state index in [4.69, 9.17) is 12.2 Å². The summed E-state index contributed by atoms with van der Waals surface area (Å²) in [5.74, 6) is 1.61. The Morgan fingerprint density at radius 2 is 1.83 bits per heavy atom. The van der Waals surface area contributed by atoms with Gasteiger partial charge in [0.1, 0.15) is 5.82 Å². The molecule has 1 N–H and O–H groups in total. The van der Waals surface area contributed by atoms with E-state index in [-0.39, 0.29) is 0 Å². The molecule has 0 saturated heterocycles. The lowest BCUT2D eigenvalue weighted by molar-refractivity contribution is 0.661. The standard InChI is InChI=1S/C17H19N5S2/c1-12-10-13(2)19-16(18-12)24-11-15-20-21-17(23)22(15)9-8-14-6-4-3-5-7-14/h3-7,10H,8-9,11H2,1-2H3,(H,21,23). The van der Waals surface area contributed by atoms with Gasteiger partial charge in [0, 0.05) is 17.9 Å². The van der Waals surface area contributed by atoms with Gasteiger partial charge < -0.3 is 4.57 Å². The summed E-state index contributed by atoms with van der Waals surface area (Å²) >= 11 is 6.94. The number of aryl methyl sites for hydroxylation is 3. The van der Waals surface area contributed by atoms with Gasteiger partial charge >= 0.3 is 0 Å². The normalized spacial score (nSPS) is 10.9. The van der Waals surface area contributed by atoms with Gasteiger partial charge in [0.2, 0.25) is 0 Å². The lowest BCUT2D eigenvalue weighted by Gasteiger charge is -2.07. The second-order valence-electron chi connectivity index (χ2n) is 5.55. The van der Waals surface area contributed by atoms with Gasteiger partial charge in [-0.05, 0) is 44.1 Å². The molecule has 0 spiro atoms. The number of thioether (sulfide) groups is 1. The molecule has 5 nitrogen and oxygen atoms in total. The van der Waals surface area contributed by atoms with Crippen molar-refractivity contribution in [2.75, 3.05) is 0 Å². The highest BCUT2D eigenvalue weighted by molar-refractivity contribution is 7.98. The summed E-state index contributed by atoms with van der Waals surface area (Å²) in [5.41, 5.74) is 3.25. The van der Waals surface area contributed by atoms with Gasteiger partial charge in [0.05, 0.1) is 5.75 Å². The fourth-order valence-electron chi connectivity index (χ4n) is 2.46. The molecule has 0 amide bonds. The molecular formula is C17H19N5S2. The van der Waals surface area contributed by atoms with E-state index in [1.807, 2.05) is 26.0 Å². The van der Waals surface area contributed by atoms with Crippen LogP contribution in [0.15, 0.2) is 41.6 Å². The second kappa shape index (κ2) is 7.72. The lowest BCUT2D eigenvalue weighted by atomic mass is 10.1. The van der Waals surface area contributed by atoms with Crippen LogP contribution in [0.4, 0.5) is 0 Å². The number of benzene rings is 1. The molecule has 0 aliphatic rings. The van der Waals surface area contributed by atoms with Crippen LogP contribution in [-0.2, 0) is 18.7 Å². The molecule has 1 aromatic carbocycles. The maximum atomic E-state index is 5.37. The summed E-state index contributed by atoms with van der Waals surface area (Å²) in [6.45, 7) is 4.77. The molecule has 0 aliphatic carbocycles. The van der Waals surface area contributed by atoms with Crippen LogP contribution in [0.3, 0.4) is 0 Å². The Hall–Kier alpha value is -1.99. The minimum absolute atomic E-state index is 0.655. The number of hydrogen-bond donors (Lipinski definition) is 1. The topological polar surface area (TPSA) is 59.4 Å². The molecule has 7 heteroatoms. The number of nitrogens with zero attached hydrogens (tertiary/aromatic N) is 4. The van der Waals surface area contributed by atoms with Gasteiger partial charge in [-0.3, -0.25) is 5.10 Å². The molecule has 3 rings (SSSR count). The van der Waals surface area contributed by atoms with Gasteiger partial charge in [-0.15, -0.1) is 0 Å². The van der Waals surface area contributed by atoms with Crippen molar-refractivity contribution in [3.63, 3.8) is 0 Å². The van der Waals surface area contributed by atoms with Gasteiger partial charge in [-0.2, -0.15) is 5.10 Å². The predicted molar refractivity (Wildman–Crippen MR) is 98.6 cm³/mol. The summed E-state index contributed by atoms with van der Waals surface area (Å²) in [5, 5.41) is 8.03. The number of hydrogen-bond acceptors (Lipinski definition) is 5. The molecule has 0 bridgehead atoms. The molecule has 0 aliphatic heterocycles. The monoisotopic (exact) mass is 357 g/mol. The molecule has 0 radical (unpaired) electrons. The fraction of sp³-hybridized carbons (Fsp3) is 0.294. The zero-order valence-corrected chi connectivity index (χ0v) is 15.3. The first-order chi connectivity index (χ1) is 11.6. The maximum absolute atomic E-state index is 5.37. The smallest absolute Gasteiger partial charge is 0.195 e. The molecule has 124 valence electrons. The molecule has 2 aromatic heterocycles. The van der Waals surface area contributed by atoms with E-state index in [9.17, 15) is 0 Å². The van der Waals surface area contributed by atoms with Crippen LogP contribution >= 0.6 is 24.0 Å². The highest BCUT2D eigenvalue weighted by Gasteiger charge is 2.09.